The average Bonchev–Trinajstić information content (AvgIpc) is 1.92. The van der Waals surface area contributed by atoms with Crippen molar-refractivity contribution in [1.82, 2.24) is 0 Å². The standard InChI is InChI=1S/C10H12O2/c1-6(2)7-3-9(11)8-5-12-10(8)4-7/h7H,1,3-5H2,2H3. The highest BCUT2D eigenvalue weighted by Crippen LogP contribution is 2.36. The topological polar surface area (TPSA) is 26.3 Å². The molecule has 12 heavy (non-hydrogen) atoms. The van der Waals surface area contributed by atoms with Crippen molar-refractivity contribution in [2.75, 3.05) is 6.61 Å². The van der Waals surface area contributed by atoms with Gasteiger partial charge >= 0.3 is 0 Å². The van der Waals surface area contributed by atoms with Gasteiger partial charge in [-0.3, -0.25) is 4.79 Å². The Bertz CT molecular complexity index is 286. The largest absolute Gasteiger partial charge is 0.492 e. The quantitative estimate of drug-likeness (QED) is 0.552. The summed E-state index contributed by atoms with van der Waals surface area (Å²) in [5, 5.41) is 0. The molecular formula is C10H12O2. The number of hydrogen-bond acceptors (Lipinski definition) is 2. The van der Waals surface area contributed by atoms with Crippen molar-refractivity contribution in [2.45, 2.75) is 19.8 Å². The first kappa shape index (κ1) is 7.59. The molecule has 1 aliphatic heterocycles. The van der Waals surface area contributed by atoms with Gasteiger partial charge in [0.15, 0.2) is 5.78 Å². The summed E-state index contributed by atoms with van der Waals surface area (Å²) < 4.78 is 5.20. The molecule has 2 aliphatic rings. The molecule has 2 heteroatoms. The maximum atomic E-state index is 11.4. The first-order chi connectivity index (χ1) is 5.68. The lowest BCUT2D eigenvalue weighted by Crippen LogP contribution is -2.30. The molecule has 1 unspecified atom stereocenters. The molecule has 1 aliphatic carbocycles. The van der Waals surface area contributed by atoms with E-state index in [4.69, 9.17) is 4.74 Å². The van der Waals surface area contributed by atoms with Crippen molar-refractivity contribution in [3.05, 3.63) is 23.5 Å². The molecule has 64 valence electrons. The highest BCUT2D eigenvalue weighted by atomic mass is 16.5. The van der Waals surface area contributed by atoms with Gasteiger partial charge in [0.25, 0.3) is 0 Å². The van der Waals surface area contributed by atoms with Crippen molar-refractivity contribution in [2.24, 2.45) is 5.92 Å². The normalized spacial score (nSPS) is 27.4. The molecule has 0 N–H and O–H groups in total. The maximum absolute atomic E-state index is 11.4. The van der Waals surface area contributed by atoms with Crippen LogP contribution in [0.2, 0.25) is 0 Å². The van der Waals surface area contributed by atoms with Gasteiger partial charge in [-0.2, -0.15) is 0 Å². The van der Waals surface area contributed by atoms with Crippen LogP contribution in [0.4, 0.5) is 0 Å². The molecule has 0 bridgehead atoms. The first-order valence-corrected chi connectivity index (χ1v) is 4.22. The summed E-state index contributed by atoms with van der Waals surface area (Å²) in [5.74, 6) is 1.49. The van der Waals surface area contributed by atoms with E-state index < -0.39 is 0 Å². The van der Waals surface area contributed by atoms with Crippen LogP contribution < -0.4 is 0 Å². The van der Waals surface area contributed by atoms with Gasteiger partial charge < -0.3 is 4.74 Å². The molecule has 0 radical (unpaired) electrons. The van der Waals surface area contributed by atoms with E-state index in [-0.39, 0.29) is 5.78 Å². The van der Waals surface area contributed by atoms with E-state index in [2.05, 4.69) is 6.58 Å². The number of rotatable bonds is 1. The Morgan fingerprint density at radius 3 is 2.75 bits per heavy atom. The number of allylic oxidation sites excluding steroid dienone is 2. The minimum Gasteiger partial charge on any atom is -0.492 e. The molecule has 2 rings (SSSR count). The van der Waals surface area contributed by atoms with Crippen LogP contribution in [0.15, 0.2) is 23.5 Å². The Labute approximate surface area is 71.9 Å². The van der Waals surface area contributed by atoms with Crippen LogP contribution >= 0.6 is 0 Å². The third-order valence-corrected chi connectivity index (χ3v) is 2.62. The molecule has 0 spiro atoms. The van der Waals surface area contributed by atoms with E-state index >= 15 is 0 Å². The summed E-state index contributed by atoms with van der Waals surface area (Å²) >= 11 is 0. The summed E-state index contributed by atoms with van der Waals surface area (Å²) in [6.45, 7) is 6.38. The Hall–Kier alpha value is -1.05. The number of carbonyl (C=O) groups excluding carboxylic acids is 1. The van der Waals surface area contributed by atoms with Gasteiger partial charge in [-0.25, -0.2) is 0 Å². The number of ether oxygens (including phenoxy) is 1. The lowest BCUT2D eigenvalue weighted by atomic mass is 9.82. The van der Waals surface area contributed by atoms with Gasteiger partial charge in [0.05, 0.1) is 5.57 Å². The van der Waals surface area contributed by atoms with E-state index in [0.717, 1.165) is 23.3 Å². The summed E-state index contributed by atoms with van der Waals surface area (Å²) in [7, 11) is 0. The highest BCUT2D eigenvalue weighted by Gasteiger charge is 2.34. The molecule has 0 amide bonds. The summed E-state index contributed by atoms with van der Waals surface area (Å²) in [6, 6.07) is 0. The van der Waals surface area contributed by atoms with Gasteiger partial charge in [-0.1, -0.05) is 12.2 Å². The summed E-state index contributed by atoms with van der Waals surface area (Å²) in [6.07, 6.45) is 1.52. The smallest absolute Gasteiger partial charge is 0.166 e. The molecule has 2 nitrogen and oxygen atoms in total. The Morgan fingerprint density at radius 1 is 1.58 bits per heavy atom. The van der Waals surface area contributed by atoms with Crippen molar-refractivity contribution < 1.29 is 9.53 Å². The van der Waals surface area contributed by atoms with Crippen LogP contribution in [-0.2, 0) is 9.53 Å². The first-order valence-electron chi connectivity index (χ1n) is 4.22. The van der Waals surface area contributed by atoms with Crippen molar-refractivity contribution >= 4 is 5.78 Å². The zero-order chi connectivity index (χ0) is 8.72. The molecule has 0 aromatic carbocycles. The molecular weight excluding hydrogens is 152 g/mol. The van der Waals surface area contributed by atoms with E-state index in [9.17, 15) is 4.79 Å². The van der Waals surface area contributed by atoms with Crippen molar-refractivity contribution in [1.29, 1.82) is 0 Å². The van der Waals surface area contributed by atoms with E-state index in [1.165, 1.54) is 0 Å². The van der Waals surface area contributed by atoms with Crippen LogP contribution in [0.3, 0.4) is 0 Å². The fourth-order valence-electron chi connectivity index (χ4n) is 1.66. The SMILES string of the molecule is C=C(C)C1CC(=O)C2=C(C1)OC2. The van der Waals surface area contributed by atoms with Crippen LogP contribution in [0.25, 0.3) is 0 Å². The lowest BCUT2D eigenvalue weighted by Gasteiger charge is -2.32. The van der Waals surface area contributed by atoms with Gasteiger partial charge in [-0.15, -0.1) is 0 Å². The number of Topliss-reactive ketones (excluding diaryl/α,β-unsaturated/α-hetero) is 1. The van der Waals surface area contributed by atoms with Crippen LogP contribution in [0, 0.1) is 5.92 Å². The van der Waals surface area contributed by atoms with Crippen molar-refractivity contribution in [3.63, 3.8) is 0 Å². The third kappa shape index (κ3) is 0.986. The van der Waals surface area contributed by atoms with Gasteiger partial charge in [-0.05, 0) is 12.8 Å². The molecule has 0 saturated carbocycles. The monoisotopic (exact) mass is 164 g/mol. The fraction of sp³-hybridized carbons (Fsp3) is 0.500. The third-order valence-electron chi connectivity index (χ3n) is 2.62. The van der Waals surface area contributed by atoms with Crippen LogP contribution in [0.1, 0.15) is 19.8 Å². The second-order valence-corrected chi connectivity index (χ2v) is 3.57. The molecule has 0 saturated heterocycles. The molecule has 0 fully saturated rings. The van der Waals surface area contributed by atoms with Crippen LogP contribution in [0.5, 0.6) is 0 Å². The van der Waals surface area contributed by atoms with E-state index in [0.29, 0.717) is 18.9 Å². The summed E-state index contributed by atoms with van der Waals surface area (Å²) in [4.78, 5) is 11.4. The fourth-order valence-corrected chi connectivity index (χ4v) is 1.66. The number of hydrogen-bond donors (Lipinski definition) is 0. The van der Waals surface area contributed by atoms with Crippen molar-refractivity contribution in [3.8, 4) is 0 Å². The molecule has 0 aromatic rings. The predicted octanol–water partition coefficient (Wildman–Crippen LogP) is 1.83. The predicted molar refractivity (Wildman–Crippen MR) is 45.5 cm³/mol. The average molecular weight is 164 g/mol. The maximum Gasteiger partial charge on any atom is 0.166 e. The summed E-state index contributed by atoms with van der Waals surface area (Å²) in [5.41, 5.74) is 2.01. The second-order valence-electron chi connectivity index (χ2n) is 3.57. The molecule has 0 aromatic heterocycles. The number of ketones is 1. The molecule has 1 atom stereocenters. The molecule has 1 heterocycles. The lowest BCUT2D eigenvalue weighted by molar-refractivity contribution is -0.119. The van der Waals surface area contributed by atoms with E-state index in [1.807, 2.05) is 6.92 Å². The van der Waals surface area contributed by atoms with Gasteiger partial charge in [0, 0.05) is 12.8 Å². The Balaban J connectivity index is 2.20. The number of carbonyl (C=O) groups is 1. The zero-order valence-electron chi connectivity index (χ0n) is 7.22. The van der Waals surface area contributed by atoms with Crippen LogP contribution in [-0.4, -0.2) is 12.4 Å². The second kappa shape index (κ2) is 2.47. The minimum absolute atomic E-state index is 0.260. The van der Waals surface area contributed by atoms with Gasteiger partial charge in [0.2, 0.25) is 0 Å². The zero-order valence-corrected chi connectivity index (χ0v) is 7.22. The van der Waals surface area contributed by atoms with E-state index in [1.54, 1.807) is 0 Å². The Morgan fingerprint density at radius 2 is 2.33 bits per heavy atom. The Kier molecular flexibility index (Phi) is 1.56. The minimum atomic E-state index is 0.260. The highest BCUT2D eigenvalue weighted by molar-refractivity contribution is 5.98. The van der Waals surface area contributed by atoms with Gasteiger partial charge in [0.1, 0.15) is 12.4 Å².